The van der Waals surface area contributed by atoms with E-state index in [1.807, 2.05) is 18.3 Å². The molecule has 0 aliphatic carbocycles. The SMILES string of the molecule is c1ccc2c(-c3ncc[nH]3)nsc2c1. The summed E-state index contributed by atoms with van der Waals surface area (Å²) < 4.78 is 5.58. The van der Waals surface area contributed by atoms with Gasteiger partial charge in [-0.3, -0.25) is 0 Å². The van der Waals surface area contributed by atoms with E-state index < -0.39 is 0 Å². The van der Waals surface area contributed by atoms with Gasteiger partial charge in [0.2, 0.25) is 0 Å². The summed E-state index contributed by atoms with van der Waals surface area (Å²) >= 11 is 1.50. The van der Waals surface area contributed by atoms with E-state index in [2.05, 4.69) is 26.5 Å². The predicted octanol–water partition coefficient (Wildman–Crippen LogP) is 2.69. The average molecular weight is 201 g/mol. The van der Waals surface area contributed by atoms with Crippen LogP contribution in [-0.4, -0.2) is 14.3 Å². The number of hydrogen-bond acceptors (Lipinski definition) is 3. The van der Waals surface area contributed by atoms with Crippen LogP contribution in [0.4, 0.5) is 0 Å². The van der Waals surface area contributed by atoms with Gasteiger partial charge in [-0.05, 0) is 17.6 Å². The van der Waals surface area contributed by atoms with Gasteiger partial charge < -0.3 is 4.98 Å². The molecule has 2 heterocycles. The first-order valence-corrected chi connectivity index (χ1v) is 5.06. The first-order valence-electron chi connectivity index (χ1n) is 4.29. The van der Waals surface area contributed by atoms with E-state index in [1.54, 1.807) is 6.20 Å². The highest BCUT2D eigenvalue weighted by atomic mass is 32.1. The molecule has 4 heteroatoms. The Labute approximate surface area is 84.6 Å². The topological polar surface area (TPSA) is 41.6 Å². The summed E-state index contributed by atoms with van der Waals surface area (Å²) in [6.45, 7) is 0. The van der Waals surface area contributed by atoms with Gasteiger partial charge in [-0.1, -0.05) is 18.2 Å². The van der Waals surface area contributed by atoms with Crippen LogP contribution in [0.5, 0.6) is 0 Å². The smallest absolute Gasteiger partial charge is 0.157 e. The molecule has 0 saturated carbocycles. The molecule has 0 radical (unpaired) electrons. The van der Waals surface area contributed by atoms with Crippen molar-refractivity contribution in [3.63, 3.8) is 0 Å². The fraction of sp³-hybridized carbons (Fsp3) is 0. The number of nitrogens with one attached hydrogen (secondary N) is 1. The second-order valence-electron chi connectivity index (χ2n) is 2.97. The Morgan fingerprint density at radius 3 is 3.00 bits per heavy atom. The van der Waals surface area contributed by atoms with Crippen molar-refractivity contribution < 1.29 is 0 Å². The third-order valence-electron chi connectivity index (χ3n) is 2.10. The zero-order chi connectivity index (χ0) is 9.38. The summed E-state index contributed by atoms with van der Waals surface area (Å²) in [4.78, 5) is 7.26. The number of hydrogen-bond donors (Lipinski definition) is 1. The number of imidazole rings is 1. The Balaban J connectivity index is 2.33. The first kappa shape index (κ1) is 7.70. The Morgan fingerprint density at radius 2 is 2.14 bits per heavy atom. The van der Waals surface area contributed by atoms with Crippen LogP contribution in [0.1, 0.15) is 0 Å². The van der Waals surface area contributed by atoms with Crippen molar-refractivity contribution >= 4 is 21.6 Å². The molecule has 0 atom stereocenters. The van der Waals surface area contributed by atoms with Crippen LogP contribution in [-0.2, 0) is 0 Å². The molecule has 0 spiro atoms. The fourth-order valence-corrected chi connectivity index (χ4v) is 2.23. The van der Waals surface area contributed by atoms with E-state index in [-0.39, 0.29) is 0 Å². The standard InChI is InChI=1S/C10H7N3S/c1-2-4-8-7(3-1)9(13-14-8)10-11-5-6-12-10/h1-6H,(H,11,12). The van der Waals surface area contributed by atoms with Crippen molar-refractivity contribution in [3.05, 3.63) is 36.7 Å². The van der Waals surface area contributed by atoms with Gasteiger partial charge in [-0.25, -0.2) is 4.98 Å². The predicted molar refractivity (Wildman–Crippen MR) is 57.2 cm³/mol. The second kappa shape index (κ2) is 2.92. The van der Waals surface area contributed by atoms with E-state index in [1.165, 1.54) is 16.2 Å². The molecule has 0 aliphatic rings. The maximum absolute atomic E-state index is 4.39. The van der Waals surface area contributed by atoms with Crippen LogP contribution in [0.3, 0.4) is 0 Å². The van der Waals surface area contributed by atoms with Gasteiger partial charge in [0, 0.05) is 17.8 Å². The molecular formula is C10H7N3S. The lowest BCUT2D eigenvalue weighted by atomic mass is 10.2. The molecule has 3 rings (SSSR count). The first-order chi connectivity index (χ1) is 6.95. The van der Waals surface area contributed by atoms with Crippen molar-refractivity contribution in [2.24, 2.45) is 0 Å². The molecule has 0 aliphatic heterocycles. The molecule has 3 nitrogen and oxygen atoms in total. The van der Waals surface area contributed by atoms with Crippen molar-refractivity contribution in [1.82, 2.24) is 14.3 Å². The van der Waals surface area contributed by atoms with E-state index in [0.29, 0.717) is 0 Å². The molecule has 1 aromatic carbocycles. The van der Waals surface area contributed by atoms with E-state index in [0.717, 1.165) is 16.9 Å². The van der Waals surface area contributed by atoms with Crippen LogP contribution in [0, 0.1) is 0 Å². The number of H-pyrrole nitrogens is 1. The monoisotopic (exact) mass is 201 g/mol. The highest BCUT2D eigenvalue weighted by molar-refractivity contribution is 7.13. The quantitative estimate of drug-likeness (QED) is 0.657. The third kappa shape index (κ3) is 1.04. The zero-order valence-corrected chi connectivity index (χ0v) is 8.08. The number of aromatic nitrogens is 3. The van der Waals surface area contributed by atoms with Gasteiger partial charge in [-0.15, -0.1) is 0 Å². The minimum absolute atomic E-state index is 0.836. The molecule has 3 aromatic rings. The van der Waals surface area contributed by atoms with Gasteiger partial charge in [0.25, 0.3) is 0 Å². The molecule has 0 unspecified atom stereocenters. The van der Waals surface area contributed by atoms with E-state index in [9.17, 15) is 0 Å². The maximum Gasteiger partial charge on any atom is 0.157 e. The van der Waals surface area contributed by atoms with Crippen molar-refractivity contribution in [2.45, 2.75) is 0 Å². The molecule has 1 N–H and O–H groups in total. The maximum atomic E-state index is 4.39. The minimum atomic E-state index is 0.836. The van der Waals surface area contributed by atoms with Crippen LogP contribution >= 0.6 is 11.5 Å². The van der Waals surface area contributed by atoms with Crippen LogP contribution in [0.15, 0.2) is 36.7 Å². The van der Waals surface area contributed by atoms with Crippen LogP contribution < -0.4 is 0 Å². The van der Waals surface area contributed by atoms with Crippen molar-refractivity contribution in [3.8, 4) is 11.5 Å². The van der Waals surface area contributed by atoms with Crippen molar-refractivity contribution in [1.29, 1.82) is 0 Å². The lowest BCUT2D eigenvalue weighted by Crippen LogP contribution is -1.79. The number of aromatic amines is 1. The second-order valence-corrected chi connectivity index (χ2v) is 3.77. The van der Waals surface area contributed by atoms with Crippen LogP contribution in [0.25, 0.3) is 21.6 Å². The minimum Gasteiger partial charge on any atom is -0.343 e. The van der Waals surface area contributed by atoms with Crippen LogP contribution in [0.2, 0.25) is 0 Å². The van der Waals surface area contributed by atoms with Gasteiger partial charge >= 0.3 is 0 Å². The van der Waals surface area contributed by atoms with Gasteiger partial charge in [0.05, 0.1) is 4.70 Å². The molecular weight excluding hydrogens is 194 g/mol. The molecule has 0 bridgehead atoms. The Kier molecular flexibility index (Phi) is 1.61. The largest absolute Gasteiger partial charge is 0.343 e. The van der Waals surface area contributed by atoms with E-state index >= 15 is 0 Å². The normalized spacial score (nSPS) is 10.9. The Bertz CT molecular complexity index is 554. The fourth-order valence-electron chi connectivity index (χ4n) is 1.45. The molecule has 0 amide bonds. The molecule has 68 valence electrons. The Hall–Kier alpha value is -1.68. The summed E-state index contributed by atoms with van der Waals surface area (Å²) in [5.74, 6) is 0.836. The lowest BCUT2D eigenvalue weighted by molar-refractivity contribution is 1.29. The molecule has 0 fully saturated rings. The Morgan fingerprint density at radius 1 is 1.21 bits per heavy atom. The van der Waals surface area contributed by atoms with Gasteiger partial charge in [0.15, 0.2) is 5.82 Å². The highest BCUT2D eigenvalue weighted by Crippen LogP contribution is 2.27. The lowest BCUT2D eigenvalue weighted by Gasteiger charge is -1.90. The van der Waals surface area contributed by atoms with Crippen molar-refractivity contribution in [2.75, 3.05) is 0 Å². The molecule has 14 heavy (non-hydrogen) atoms. The number of nitrogens with zero attached hydrogens (tertiary/aromatic N) is 2. The molecule has 2 aromatic heterocycles. The summed E-state index contributed by atoms with van der Waals surface area (Å²) in [6, 6.07) is 8.17. The summed E-state index contributed by atoms with van der Waals surface area (Å²) in [7, 11) is 0. The molecule has 0 saturated heterocycles. The summed E-state index contributed by atoms with van der Waals surface area (Å²) in [5, 5.41) is 1.16. The summed E-state index contributed by atoms with van der Waals surface area (Å²) in [5.41, 5.74) is 0.940. The summed E-state index contributed by atoms with van der Waals surface area (Å²) in [6.07, 6.45) is 3.55. The number of benzene rings is 1. The number of fused-ring (bicyclic) bond motifs is 1. The zero-order valence-electron chi connectivity index (χ0n) is 7.27. The third-order valence-corrected chi connectivity index (χ3v) is 2.93. The highest BCUT2D eigenvalue weighted by Gasteiger charge is 2.08. The van der Waals surface area contributed by atoms with E-state index in [4.69, 9.17) is 0 Å². The number of rotatable bonds is 1. The van der Waals surface area contributed by atoms with Gasteiger partial charge in [-0.2, -0.15) is 4.37 Å². The van der Waals surface area contributed by atoms with Gasteiger partial charge in [0.1, 0.15) is 5.69 Å². The average Bonchev–Trinajstić information content (AvgIpc) is 2.85.